The van der Waals surface area contributed by atoms with Crippen molar-refractivity contribution in [1.82, 2.24) is 14.8 Å². The van der Waals surface area contributed by atoms with Crippen LogP contribution in [0.5, 0.6) is 5.75 Å². The summed E-state index contributed by atoms with van der Waals surface area (Å²) in [7, 11) is 1.67. The summed E-state index contributed by atoms with van der Waals surface area (Å²) in [6, 6.07) is 8.32. The number of amides is 1. The lowest BCUT2D eigenvalue weighted by molar-refractivity contribution is -0.134. The molecule has 1 atom stereocenters. The van der Waals surface area contributed by atoms with Crippen molar-refractivity contribution in [2.24, 2.45) is 0 Å². The zero-order valence-electron chi connectivity index (χ0n) is 17.5. The summed E-state index contributed by atoms with van der Waals surface area (Å²) in [5.41, 5.74) is 1.99. The van der Waals surface area contributed by atoms with Crippen LogP contribution in [0, 0.1) is 6.92 Å². The molecule has 0 N–H and O–H groups in total. The number of carbonyl (C=O) groups excluding carboxylic acids is 1. The molecule has 3 heterocycles. The number of hydrogen-bond donors (Lipinski definition) is 0. The average Bonchev–Trinajstić information content (AvgIpc) is 3.38. The number of methoxy groups -OCH3 is 1. The molecule has 156 valence electrons. The summed E-state index contributed by atoms with van der Waals surface area (Å²) < 4.78 is 5.27. The van der Waals surface area contributed by atoms with Gasteiger partial charge in [-0.05, 0) is 76.4 Å². The van der Waals surface area contributed by atoms with Gasteiger partial charge < -0.3 is 14.5 Å². The van der Waals surface area contributed by atoms with E-state index in [1.54, 1.807) is 18.4 Å². The maximum atomic E-state index is 13.3. The predicted molar refractivity (Wildman–Crippen MR) is 118 cm³/mol. The van der Waals surface area contributed by atoms with Crippen molar-refractivity contribution in [2.75, 3.05) is 33.3 Å². The van der Waals surface area contributed by atoms with E-state index in [2.05, 4.69) is 9.80 Å². The molecule has 2 saturated heterocycles. The highest BCUT2D eigenvalue weighted by atomic mass is 32.1. The summed E-state index contributed by atoms with van der Waals surface area (Å²) in [6.07, 6.45) is 6.53. The highest BCUT2D eigenvalue weighted by molar-refractivity contribution is 7.12. The Bertz CT molecular complexity index is 827. The zero-order chi connectivity index (χ0) is 20.2. The van der Waals surface area contributed by atoms with Crippen molar-refractivity contribution >= 4 is 17.2 Å². The van der Waals surface area contributed by atoms with Gasteiger partial charge in [0.2, 0.25) is 5.91 Å². The van der Waals surface area contributed by atoms with Gasteiger partial charge >= 0.3 is 0 Å². The predicted octanol–water partition coefficient (Wildman–Crippen LogP) is 4.15. The number of ether oxygens (including phenoxy) is 1. The van der Waals surface area contributed by atoms with E-state index in [-0.39, 0.29) is 5.91 Å². The molecule has 4 rings (SSSR count). The molecule has 1 amide bonds. The van der Waals surface area contributed by atoms with E-state index < -0.39 is 0 Å². The molecule has 0 radical (unpaired) electrons. The molecular weight excluding hydrogens is 382 g/mol. The summed E-state index contributed by atoms with van der Waals surface area (Å²) >= 11 is 1.65. The van der Waals surface area contributed by atoms with Crippen LogP contribution in [0.1, 0.15) is 42.0 Å². The highest BCUT2D eigenvalue weighted by Gasteiger charge is 2.30. The number of hydrogen-bond acceptors (Lipinski definition) is 5. The maximum absolute atomic E-state index is 13.3. The molecule has 29 heavy (non-hydrogen) atoms. The minimum Gasteiger partial charge on any atom is -0.497 e. The Morgan fingerprint density at radius 1 is 1.14 bits per heavy atom. The Morgan fingerprint density at radius 2 is 1.86 bits per heavy atom. The van der Waals surface area contributed by atoms with E-state index in [0.717, 1.165) is 52.8 Å². The number of thiazole rings is 1. The summed E-state index contributed by atoms with van der Waals surface area (Å²) in [4.78, 5) is 23.8. The van der Waals surface area contributed by atoms with Crippen molar-refractivity contribution < 1.29 is 9.53 Å². The zero-order valence-corrected chi connectivity index (χ0v) is 18.3. The van der Waals surface area contributed by atoms with Gasteiger partial charge in [0.15, 0.2) is 0 Å². The number of carbonyl (C=O) groups is 1. The molecule has 0 saturated carbocycles. The maximum Gasteiger partial charge on any atom is 0.228 e. The fourth-order valence-corrected chi connectivity index (χ4v) is 5.53. The van der Waals surface area contributed by atoms with Gasteiger partial charge in [0, 0.05) is 29.6 Å². The quantitative estimate of drug-likeness (QED) is 0.714. The summed E-state index contributed by atoms with van der Waals surface area (Å²) in [5, 5.41) is 1.01. The van der Waals surface area contributed by atoms with Gasteiger partial charge in [-0.25, -0.2) is 4.98 Å². The van der Waals surface area contributed by atoms with Crippen molar-refractivity contribution in [1.29, 1.82) is 0 Å². The SMILES string of the molecule is COc1ccc(-c2nc(C)sc2CC(=O)N2CCCCC2CN2CCCC2)cc1. The van der Waals surface area contributed by atoms with Crippen LogP contribution >= 0.6 is 11.3 Å². The smallest absolute Gasteiger partial charge is 0.228 e. The molecule has 0 spiro atoms. The summed E-state index contributed by atoms with van der Waals surface area (Å²) in [5.74, 6) is 1.09. The van der Waals surface area contributed by atoms with Gasteiger partial charge in [0.05, 0.1) is 24.2 Å². The fourth-order valence-electron chi connectivity index (χ4n) is 4.58. The first-order chi connectivity index (χ1) is 14.1. The first kappa shape index (κ1) is 20.4. The molecule has 2 aliphatic rings. The number of piperidine rings is 1. The molecular formula is C23H31N3O2S. The third-order valence-corrected chi connectivity index (χ3v) is 7.07. The Morgan fingerprint density at radius 3 is 2.59 bits per heavy atom. The number of rotatable bonds is 6. The molecule has 0 aliphatic carbocycles. The first-order valence-electron chi connectivity index (χ1n) is 10.8. The Hall–Kier alpha value is -1.92. The molecule has 1 unspecified atom stereocenters. The molecule has 2 fully saturated rings. The molecule has 1 aromatic carbocycles. The largest absolute Gasteiger partial charge is 0.497 e. The Kier molecular flexibility index (Phi) is 6.50. The lowest BCUT2D eigenvalue weighted by Crippen LogP contribution is -2.49. The lowest BCUT2D eigenvalue weighted by Gasteiger charge is -2.38. The lowest BCUT2D eigenvalue weighted by atomic mass is 10.0. The van der Waals surface area contributed by atoms with Crippen LogP contribution in [-0.2, 0) is 11.2 Å². The molecule has 1 aromatic heterocycles. The van der Waals surface area contributed by atoms with Gasteiger partial charge in [-0.1, -0.05) is 0 Å². The van der Waals surface area contributed by atoms with E-state index in [1.165, 1.54) is 32.4 Å². The number of nitrogens with zero attached hydrogens (tertiary/aromatic N) is 3. The Labute approximate surface area is 177 Å². The van der Waals surface area contributed by atoms with Crippen LogP contribution in [0.2, 0.25) is 0 Å². The molecule has 0 bridgehead atoms. The second kappa shape index (κ2) is 9.26. The Balaban J connectivity index is 1.49. The number of aryl methyl sites for hydroxylation is 1. The van der Waals surface area contributed by atoms with Crippen LogP contribution < -0.4 is 4.74 Å². The van der Waals surface area contributed by atoms with Gasteiger partial charge in [0.1, 0.15) is 5.75 Å². The van der Waals surface area contributed by atoms with Crippen LogP contribution in [0.15, 0.2) is 24.3 Å². The highest BCUT2D eigenvalue weighted by Crippen LogP contribution is 2.31. The third kappa shape index (κ3) is 4.81. The molecule has 5 nitrogen and oxygen atoms in total. The molecule has 2 aromatic rings. The van der Waals surface area contributed by atoms with Crippen LogP contribution in [0.25, 0.3) is 11.3 Å². The van der Waals surface area contributed by atoms with Crippen molar-refractivity contribution in [3.05, 3.63) is 34.2 Å². The van der Waals surface area contributed by atoms with E-state index in [4.69, 9.17) is 9.72 Å². The minimum atomic E-state index is 0.257. The first-order valence-corrected chi connectivity index (χ1v) is 11.6. The van der Waals surface area contributed by atoms with Crippen LogP contribution in [0.4, 0.5) is 0 Å². The van der Waals surface area contributed by atoms with Gasteiger partial charge in [-0.15, -0.1) is 11.3 Å². The van der Waals surface area contributed by atoms with Gasteiger partial charge in [-0.2, -0.15) is 0 Å². The molecule has 2 aliphatic heterocycles. The van der Waals surface area contributed by atoms with E-state index in [0.29, 0.717) is 12.5 Å². The monoisotopic (exact) mass is 413 g/mol. The second-order valence-corrected chi connectivity index (χ2v) is 9.44. The van der Waals surface area contributed by atoms with Crippen molar-refractivity contribution in [2.45, 2.75) is 51.5 Å². The minimum absolute atomic E-state index is 0.257. The number of likely N-dealkylation sites (tertiary alicyclic amines) is 2. The summed E-state index contributed by atoms with van der Waals surface area (Å²) in [6.45, 7) is 6.33. The second-order valence-electron chi connectivity index (χ2n) is 8.15. The van der Waals surface area contributed by atoms with Crippen LogP contribution in [0.3, 0.4) is 0 Å². The topological polar surface area (TPSA) is 45.7 Å². The molecule has 6 heteroatoms. The normalized spacial score (nSPS) is 20.2. The van der Waals surface area contributed by atoms with Crippen molar-refractivity contribution in [3.8, 4) is 17.0 Å². The standard InChI is InChI=1S/C23H31N3O2S/c1-17-24-23(18-8-10-20(28-2)11-9-18)21(29-17)15-22(27)26-14-4-3-7-19(26)16-25-12-5-6-13-25/h8-11,19H,3-7,12-16H2,1-2H3. The number of benzene rings is 1. The van der Waals surface area contributed by atoms with Gasteiger partial charge in [0.25, 0.3) is 0 Å². The van der Waals surface area contributed by atoms with E-state index in [1.807, 2.05) is 31.2 Å². The fraction of sp³-hybridized carbons (Fsp3) is 0.565. The van der Waals surface area contributed by atoms with E-state index in [9.17, 15) is 4.79 Å². The van der Waals surface area contributed by atoms with Crippen LogP contribution in [-0.4, -0.2) is 60.0 Å². The van der Waals surface area contributed by atoms with Gasteiger partial charge in [-0.3, -0.25) is 4.79 Å². The van der Waals surface area contributed by atoms with Crippen molar-refractivity contribution in [3.63, 3.8) is 0 Å². The number of aromatic nitrogens is 1. The average molecular weight is 414 g/mol. The third-order valence-electron chi connectivity index (χ3n) is 6.09. The van der Waals surface area contributed by atoms with E-state index >= 15 is 0 Å².